The van der Waals surface area contributed by atoms with E-state index in [1.165, 1.54) is 0 Å². The zero-order chi connectivity index (χ0) is 22.5. The summed E-state index contributed by atoms with van der Waals surface area (Å²) in [6.07, 6.45) is 1.10. The van der Waals surface area contributed by atoms with Gasteiger partial charge in [0.25, 0.3) is 0 Å². The van der Waals surface area contributed by atoms with Crippen molar-refractivity contribution >= 4 is 21.6 Å². The predicted molar refractivity (Wildman–Crippen MR) is 119 cm³/mol. The van der Waals surface area contributed by atoms with E-state index < -0.39 is 22.0 Å². The van der Waals surface area contributed by atoms with Crippen molar-refractivity contribution in [2.45, 2.75) is 46.4 Å². The Labute approximate surface area is 179 Å². The first kappa shape index (κ1) is 23.5. The molecule has 2 rings (SSSR count). The lowest BCUT2D eigenvalue weighted by Gasteiger charge is -2.28. The third kappa shape index (κ3) is 6.13. The molecule has 0 spiro atoms. The molecule has 0 saturated heterocycles. The molecule has 2 aromatic rings. The zero-order valence-electron chi connectivity index (χ0n) is 18.3. The van der Waals surface area contributed by atoms with Crippen LogP contribution in [-0.4, -0.2) is 39.8 Å². The van der Waals surface area contributed by atoms with Crippen molar-refractivity contribution in [3.8, 4) is 11.5 Å². The van der Waals surface area contributed by atoms with Gasteiger partial charge in [-0.15, -0.1) is 0 Å². The number of nitrogens with one attached hydrogen (secondary N) is 1. The minimum absolute atomic E-state index is 0.00838. The number of hydrogen-bond acceptors (Lipinski definition) is 5. The monoisotopic (exact) mass is 434 g/mol. The number of amides is 1. The van der Waals surface area contributed by atoms with E-state index in [1.807, 2.05) is 39.0 Å². The molecule has 0 fully saturated rings. The third-order valence-electron chi connectivity index (χ3n) is 4.43. The van der Waals surface area contributed by atoms with Crippen LogP contribution in [-0.2, 0) is 21.4 Å². The summed E-state index contributed by atoms with van der Waals surface area (Å²) in [5, 5.41) is 2.80. The summed E-state index contributed by atoms with van der Waals surface area (Å²) in [4.78, 5) is 12.7. The van der Waals surface area contributed by atoms with Crippen LogP contribution < -0.4 is 19.1 Å². The van der Waals surface area contributed by atoms with Crippen LogP contribution in [0.4, 0.5) is 5.69 Å². The van der Waals surface area contributed by atoms with E-state index in [2.05, 4.69) is 5.32 Å². The molecule has 0 bridgehead atoms. The number of anilines is 1. The number of benzene rings is 2. The van der Waals surface area contributed by atoms with E-state index in [1.54, 1.807) is 38.3 Å². The highest BCUT2D eigenvalue weighted by atomic mass is 32.2. The van der Waals surface area contributed by atoms with E-state index in [4.69, 9.17) is 9.47 Å². The molecule has 0 aliphatic carbocycles. The number of hydrogen-bond donors (Lipinski definition) is 1. The first-order valence-corrected chi connectivity index (χ1v) is 11.5. The van der Waals surface area contributed by atoms with Gasteiger partial charge >= 0.3 is 0 Å². The fourth-order valence-corrected chi connectivity index (χ4v) is 4.19. The number of nitrogens with zero attached hydrogens (tertiary/aromatic N) is 1. The Bertz CT molecular complexity index is 972. The second kappa shape index (κ2) is 9.84. The highest BCUT2D eigenvalue weighted by molar-refractivity contribution is 7.92. The maximum Gasteiger partial charge on any atom is 0.243 e. The molecule has 2 aromatic carbocycles. The van der Waals surface area contributed by atoms with Crippen molar-refractivity contribution < 1.29 is 22.7 Å². The number of carbonyl (C=O) groups is 1. The van der Waals surface area contributed by atoms with Crippen LogP contribution >= 0.6 is 0 Å². The molecule has 30 heavy (non-hydrogen) atoms. The molecule has 1 unspecified atom stereocenters. The average molecular weight is 435 g/mol. The molecule has 0 saturated carbocycles. The van der Waals surface area contributed by atoms with E-state index in [-0.39, 0.29) is 12.6 Å². The minimum atomic E-state index is -3.65. The Hall–Kier alpha value is -2.74. The SMILES string of the molecule is COc1cc(CNC(=O)C(C)N(c2ccc(C)cc2)S(C)(=O)=O)ccc1OC(C)C. The van der Waals surface area contributed by atoms with Gasteiger partial charge in [-0.3, -0.25) is 9.10 Å². The molecule has 0 aliphatic rings. The molecular weight excluding hydrogens is 404 g/mol. The number of methoxy groups -OCH3 is 1. The second-order valence-corrected chi connectivity index (χ2v) is 9.30. The van der Waals surface area contributed by atoms with Gasteiger partial charge in [-0.2, -0.15) is 0 Å². The van der Waals surface area contributed by atoms with Crippen LogP contribution in [0, 0.1) is 6.92 Å². The topological polar surface area (TPSA) is 84.9 Å². The molecule has 1 N–H and O–H groups in total. The van der Waals surface area contributed by atoms with Gasteiger partial charge in [0.15, 0.2) is 11.5 Å². The first-order chi connectivity index (χ1) is 14.0. The van der Waals surface area contributed by atoms with Gasteiger partial charge in [-0.25, -0.2) is 8.42 Å². The van der Waals surface area contributed by atoms with Gasteiger partial charge in [-0.1, -0.05) is 23.8 Å². The molecule has 1 amide bonds. The number of aryl methyl sites for hydroxylation is 1. The van der Waals surface area contributed by atoms with Gasteiger partial charge in [0.05, 0.1) is 25.2 Å². The maximum absolute atomic E-state index is 12.7. The largest absolute Gasteiger partial charge is 0.493 e. The Balaban J connectivity index is 2.15. The summed E-state index contributed by atoms with van der Waals surface area (Å²) in [5.41, 5.74) is 2.26. The van der Waals surface area contributed by atoms with E-state index in [9.17, 15) is 13.2 Å². The summed E-state index contributed by atoms with van der Waals surface area (Å²) in [5.74, 6) is 0.793. The highest BCUT2D eigenvalue weighted by Gasteiger charge is 2.28. The van der Waals surface area contributed by atoms with Crippen LogP contribution in [0.3, 0.4) is 0 Å². The van der Waals surface area contributed by atoms with Crippen molar-refractivity contribution in [1.29, 1.82) is 0 Å². The molecule has 0 heterocycles. The Morgan fingerprint density at radius 1 is 1.07 bits per heavy atom. The quantitative estimate of drug-likeness (QED) is 0.655. The van der Waals surface area contributed by atoms with Crippen LogP contribution in [0.15, 0.2) is 42.5 Å². The normalized spacial score (nSPS) is 12.4. The Morgan fingerprint density at radius 3 is 2.23 bits per heavy atom. The second-order valence-electron chi connectivity index (χ2n) is 7.44. The first-order valence-electron chi connectivity index (χ1n) is 9.70. The fourth-order valence-electron chi connectivity index (χ4n) is 3.01. The summed E-state index contributed by atoms with van der Waals surface area (Å²) in [7, 11) is -2.10. The molecule has 164 valence electrons. The van der Waals surface area contributed by atoms with Crippen LogP contribution in [0.25, 0.3) is 0 Å². The van der Waals surface area contributed by atoms with E-state index >= 15 is 0 Å². The Morgan fingerprint density at radius 2 is 1.70 bits per heavy atom. The summed E-state index contributed by atoms with van der Waals surface area (Å²) < 4.78 is 36.9. The van der Waals surface area contributed by atoms with Crippen LogP contribution in [0.2, 0.25) is 0 Å². The lowest BCUT2D eigenvalue weighted by molar-refractivity contribution is -0.122. The van der Waals surface area contributed by atoms with E-state index in [0.717, 1.165) is 21.7 Å². The fraction of sp³-hybridized carbons (Fsp3) is 0.409. The van der Waals surface area contributed by atoms with Crippen LogP contribution in [0.1, 0.15) is 31.9 Å². The molecular formula is C22H30N2O5S. The number of sulfonamides is 1. The van der Waals surface area contributed by atoms with Gasteiger partial charge < -0.3 is 14.8 Å². The Kier molecular flexibility index (Phi) is 7.72. The lowest BCUT2D eigenvalue weighted by atomic mass is 10.2. The molecule has 8 heteroatoms. The highest BCUT2D eigenvalue weighted by Crippen LogP contribution is 2.29. The molecule has 7 nitrogen and oxygen atoms in total. The smallest absolute Gasteiger partial charge is 0.243 e. The standard InChI is InChI=1S/C22H30N2O5S/c1-15(2)29-20-12-9-18(13-21(20)28-5)14-23-22(25)17(4)24(30(6,26)27)19-10-7-16(3)8-11-19/h7-13,15,17H,14H2,1-6H3,(H,23,25). The number of rotatable bonds is 9. The number of ether oxygens (including phenoxy) is 2. The van der Waals surface area contributed by atoms with Gasteiger partial charge in [0.2, 0.25) is 15.9 Å². The summed E-state index contributed by atoms with van der Waals surface area (Å²) in [6, 6.07) is 11.5. The molecule has 0 aliphatic heterocycles. The summed E-state index contributed by atoms with van der Waals surface area (Å²) in [6.45, 7) is 7.56. The molecule has 1 atom stereocenters. The molecule has 0 aromatic heterocycles. The van der Waals surface area contributed by atoms with Gasteiger partial charge in [0, 0.05) is 6.54 Å². The van der Waals surface area contributed by atoms with Gasteiger partial charge in [0.1, 0.15) is 6.04 Å². The predicted octanol–water partition coefficient (Wildman–Crippen LogP) is 3.26. The number of carbonyl (C=O) groups excluding carboxylic acids is 1. The minimum Gasteiger partial charge on any atom is -0.493 e. The van der Waals surface area contributed by atoms with Crippen molar-refractivity contribution in [2.75, 3.05) is 17.7 Å². The maximum atomic E-state index is 12.7. The average Bonchev–Trinajstić information content (AvgIpc) is 2.67. The lowest BCUT2D eigenvalue weighted by Crippen LogP contribution is -2.47. The third-order valence-corrected chi connectivity index (χ3v) is 5.68. The van der Waals surface area contributed by atoms with E-state index in [0.29, 0.717) is 17.2 Å². The van der Waals surface area contributed by atoms with Gasteiger partial charge in [-0.05, 0) is 57.5 Å². The zero-order valence-corrected chi connectivity index (χ0v) is 19.1. The van der Waals surface area contributed by atoms with Crippen molar-refractivity contribution in [3.63, 3.8) is 0 Å². The van der Waals surface area contributed by atoms with Crippen molar-refractivity contribution in [3.05, 3.63) is 53.6 Å². The van der Waals surface area contributed by atoms with Crippen molar-refractivity contribution in [1.82, 2.24) is 5.32 Å². The molecule has 0 radical (unpaired) electrons. The van der Waals surface area contributed by atoms with Crippen molar-refractivity contribution in [2.24, 2.45) is 0 Å². The van der Waals surface area contributed by atoms with Crippen LogP contribution in [0.5, 0.6) is 11.5 Å². The summed E-state index contributed by atoms with van der Waals surface area (Å²) >= 11 is 0.